The predicted octanol–water partition coefficient (Wildman–Crippen LogP) is 2.66. The van der Waals surface area contributed by atoms with Gasteiger partial charge in [0.2, 0.25) is 0 Å². The van der Waals surface area contributed by atoms with Crippen molar-refractivity contribution >= 4 is 0 Å². The molecule has 0 spiro atoms. The highest BCUT2D eigenvalue weighted by atomic mass is 14.6. The van der Waals surface area contributed by atoms with Crippen molar-refractivity contribution in [1.82, 2.24) is 0 Å². The summed E-state index contributed by atoms with van der Waals surface area (Å²) in [6.45, 7) is 0. The van der Waals surface area contributed by atoms with Gasteiger partial charge >= 0.3 is 0 Å². The molecule has 0 aromatic heterocycles. The van der Waals surface area contributed by atoms with Crippen LogP contribution in [0, 0.1) is 11.8 Å². The van der Waals surface area contributed by atoms with Gasteiger partial charge in [-0.3, -0.25) is 0 Å². The van der Waals surface area contributed by atoms with Crippen LogP contribution in [0.3, 0.4) is 0 Å². The van der Waals surface area contributed by atoms with Crippen LogP contribution in [-0.2, 0) is 0 Å². The van der Waals surface area contributed by atoms with Gasteiger partial charge in [-0.15, -0.1) is 0 Å². The predicted molar refractivity (Wildman–Crippen MR) is 66.6 cm³/mol. The molecule has 0 bridgehead atoms. The summed E-state index contributed by atoms with van der Waals surface area (Å²) in [7, 11) is 0. The normalized spacial score (nSPS) is 42.0. The van der Waals surface area contributed by atoms with Gasteiger partial charge in [0.05, 0.1) is 0 Å². The second kappa shape index (κ2) is 5.86. The van der Waals surface area contributed by atoms with E-state index in [4.69, 9.17) is 11.5 Å². The Balaban J connectivity index is 0.00000112. The second-order valence-corrected chi connectivity index (χ2v) is 5.35. The molecule has 0 atom stereocenters. The van der Waals surface area contributed by atoms with Crippen LogP contribution in [0.25, 0.3) is 0 Å². The quantitative estimate of drug-likeness (QED) is 0.702. The van der Waals surface area contributed by atoms with Crippen molar-refractivity contribution in [3.8, 4) is 0 Å². The number of hydrogen-bond donors (Lipinski definition) is 2. The fraction of sp³-hybridized carbons (Fsp3) is 1.00. The molecule has 2 fully saturated rings. The highest BCUT2D eigenvalue weighted by Gasteiger charge is 2.28. The average molecular weight is 212 g/mol. The molecular weight excluding hydrogens is 184 g/mol. The van der Waals surface area contributed by atoms with Crippen LogP contribution in [0.5, 0.6) is 0 Å². The van der Waals surface area contributed by atoms with E-state index in [2.05, 4.69) is 0 Å². The summed E-state index contributed by atoms with van der Waals surface area (Å²) in [5.41, 5.74) is 11.9. The first-order valence-corrected chi connectivity index (χ1v) is 6.27. The van der Waals surface area contributed by atoms with Gasteiger partial charge in [-0.25, -0.2) is 0 Å². The second-order valence-electron chi connectivity index (χ2n) is 5.35. The van der Waals surface area contributed by atoms with Gasteiger partial charge in [0, 0.05) is 12.1 Å². The van der Waals surface area contributed by atoms with E-state index in [1.807, 2.05) is 0 Å². The fourth-order valence-corrected chi connectivity index (χ4v) is 3.23. The molecule has 15 heavy (non-hydrogen) atoms. The van der Waals surface area contributed by atoms with Crippen LogP contribution in [-0.4, -0.2) is 12.1 Å². The van der Waals surface area contributed by atoms with E-state index in [-0.39, 0.29) is 7.43 Å². The lowest BCUT2D eigenvalue weighted by Crippen LogP contribution is -2.33. The molecule has 0 saturated heterocycles. The largest absolute Gasteiger partial charge is 0.328 e. The van der Waals surface area contributed by atoms with Crippen LogP contribution in [0.1, 0.15) is 58.8 Å². The maximum atomic E-state index is 5.93. The van der Waals surface area contributed by atoms with Gasteiger partial charge in [-0.2, -0.15) is 0 Å². The molecule has 2 aliphatic rings. The standard InChI is InChI=1S/C12H24N2.CH4/c13-11-5-1-9(2-6-11)10-3-7-12(14)8-4-10;/h9-12H,1-8,13-14H2;1H4. The zero-order chi connectivity index (χ0) is 9.97. The minimum Gasteiger partial charge on any atom is -0.328 e. The molecule has 0 unspecified atom stereocenters. The van der Waals surface area contributed by atoms with Crippen LogP contribution < -0.4 is 11.5 Å². The average Bonchev–Trinajstić information content (AvgIpc) is 2.21. The molecule has 0 aliphatic heterocycles. The zero-order valence-corrected chi connectivity index (χ0v) is 9.12. The fourth-order valence-electron chi connectivity index (χ4n) is 3.23. The number of rotatable bonds is 1. The van der Waals surface area contributed by atoms with Gasteiger partial charge in [-0.05, 0) is 63.2 Å². The van der Waals surface area contributed by atoms with Gasteiger partial charge in [0.15, 0.2) is 0 Å². The number of nitrogens with two attached hydrogens (primary N) is 2. The van der Waals surface area contributed by atoms with Crippen LogP contribution in [0.2, 0.25) is 0 Å². The van der Waals surface area contributed by atoms with E-state index in [0.29, 0.717) is 12.1 Å². The third-order valence-corrected chi connectivity index (χ3v) is 4.30. The topological polar surface area (TPSA) is 52.0 Å². The van der Waals surface area contributed by atoms with Crippen molar-refractivity contribution in [2.24, 2.45) is 23.3 Å². The van der Waals surface area contributed by atoms with Crippen LogP contribution in [0.4, 0.5) is 0 Å². The summed E-state index contributed by atoms with van der Waals surface area (Å²) >= 11 is 0. The molecule has 2 heteroatoms. The molecule has 90 valence electrons. The Hall–Kier alpha value is -0.0800. The molecule has 0 radical (unpaired) electrons. The van der Waals surface area contributed by atoms with Crippen molar-refractivity contribution in [3.63, 3.8) is 0 Å². The Kier molecular flexibility index (Phi) is 5.07. The lowest BCUT2D eigenvalue weighted by atomic mass is 9.72. The van der Waals surface area contributed by atoms with Crippen molar-refractivity contribution in [2.45, 2.75) is 70.9 Å². The summed E-state index contributed by atoms with van der Waals surface area (Å²) in [4.78, 5) is 0. The molecule has 0 amide bonds. The first-order chi connectivity index (χ1) is 6.75. The van der Waals surface area contributed by atoms with Gasteiger partial charge in [0.25, 0.3) is 0 Å². The van der Waals surface area contributed by atoms with E-state index in [0.717, 1.165) is 11.8 Å². The van der Waals surface area contributed by atoms with E-state index < -0.39 is 0 Å². The molecular formula is C13H28N2. The molecule has 4 N–H and O–H groups in total. The summed E-state index contributed by atoms with van der Waals surface area (Å²) in [6, 6.07) is 0.995. The molecule has 2 saturated carbocycles. The first-order valence-electron chi connectivity index (χ1n) is 6.27. The third kappa shape index (κ3) is 3.46. The Morgan fingerprint density at radius 1 is 0.533 bits per heavy atom. The maximum absolute atomic E-state index is 5.93. The molecule has 0 aromatic rings. The van der Waals surface area contributed by atoms with E-state index in [1.165, 1.54) is 51.4 Å². The van der Waals surface area contributed by atoms with Crippen LogP contribution >= 0.6 is 0 Å². The lowest BCUT2D eigenvalue weighted by Gasteiger charge is -2.36. The van der Waals surface area contributed by atoms with Gasteiger partial charge in [-0.1, -0.05) is 7.43 Å². The Labute approximate surface area is 94.8 Å². The molecule has 0 heterocycles. The smallest absolute Gasteiger partial charge is 0.00390 e. The zero-order valence-electron chi connectivity index (χ0n) is 9.12. The third-order valence-electron chi connectivity index (χ3n) is 4.30. The van der Waals surface area contributed by atoms with Crippen molar-refractivity contribution in [3.05, 3.63) is 0 Å². The summed E-state index contributed by atoms with van der Waals surface area (Å²) in [5.74, 6) is 1.95. The lowest BCUT2D eigenvalue weighted by molar-refractivity contribution is 0.178. The van der Waals surface area contributed by atoms with Crippen molar-refractivity contribution in [1.29, 1.82) is 0 Å². The molecule has 2 rings (SSSR count). The molecule has 0 aromatic carbocycles. The van der Waals surface area contributed by atoms with Crippen molar-refractivity contribution < 1.29 is 0 Å². The Bertz CT molecular complexity index is 145. The maximum Gasteiger partial charge on any atom is 0.00390 e. The van der Waals surface area contributed by atoms with E-state index >= 15 is 0 Å². The SMILES string of the molecule is C.NC1CCC(C2CCC(N)CC2)CC1. The van der Waals surface area contributed by atoms with E-state index in [9.17, 15) is 0 Å². The monoisotopic (exact) mass is 212 g/mol. The number of hydrogen-bond acceptors (Lipinski definition) is 2. The Morgan fingerprint density at radius 3 is 1.07 bits per heavy atom. The highest BCUT2D eigenvalue weighted by Crippen LogP contribution is 2.37. The van der Waals surface area contributed by atoms with Gasteiger partial charge in [0.1, 0.15) is 0 Å². The minimum absolute atomic E-state index is 0. The Morgan fingerprint density at radius 2 is 0.800 bits per heavy atom. The van der Waals surface area contributed by atoms with Crippen LogP contribution in [0.15, 0.2) is 0 Å². The summed E-state index contributed by atoms with van der Waals surface area (Å²) in [5, 5.41) is 0. The molecule has 2 aliphatic carbocycles. The van der Waals surface area contributed by atoms with E-state index in [1.54, 1.807) is 0 Å². The first kappa shape index (κ1) is 13.0. The van der Waals surface area contributed by atoms with Gasteiger partial charge < -0.3 is 11.5 Å². The van der Waals surface area contributed by atoms with Crippen molar-refractivity contribution in [2.75, 3.05) is 0 Å². The molecule has 2 nitrogen and oxygen atoms in total. The minimum atomic E-state index is 0. The highest BCUT2D eigenvalue weighted by molar-refractivity contribution is 4.83. The summed E-state index contributed by atoms with van der Waals surface area (Å²) in [6.07, 6.45) is 10.5. The summed E-state index contributed by atoms with van der Waals surface area (Å²) < 4.78 is 0.